The van der Waals surface area contributed by atoms with Crippen molar-refractivity contribution in [2.24, 2.45) is 0 Å². The second-order valence-electron chi connectivity index (χ2n) is 27.6. The predicted octanol–water partition coefficient (Wildman–Crippen LogP) is 14.5. The minimum Gasteiger partial charge on any atom is -0.447 e. The van der Waals surface area contributed by atoms with Crippen LogP contribution in [0.25, 0.3) is 26.5 Å². The Bertz CT molecular complexity index is 3470. The van der Waals surface area contributed by atoms with Crippen LogP contribution in [-0.4, -0.2) is 116 Å². The molecule has 0 saturated carbocycles. The fourth-order valence-corrected chi connectivity index (χ4v) is 14.7. The van der Waals surface area contributed by atoms with Crippen LogP contribution in [0, 0.1) is 0 Å². The summed E-state index contributed by atoms with van der Waals surface area (Å²) < 4.78 is 91.9. The third-order valence-electron chi connectivity index (χ3n) is 13.2. The summed E-state index contributed by atoms with van der Waals surface area (Å²) in [7, 11) is -8.08. The zero-order valence-electron chi connectivity index (χ0n) is 55.5. The third kappa shape index (κ3) is 23.9. The number of amides is 4. The van der Waals surface area contributed by atoms with Gasteiger partial charge in [-0.05, 0) is 228 Å². The molecule has 7 rings (SSSR count). The van der Waals surface area contributed by atoms with Crippen LogP contribution in [0.1, 0.15) is 182 Å². The summed E-state index contributed by atoms with van der Waals surface area (Å²) in [5, 5.41) is 11.8. The van der Waals surface area contributed by atoms with Crippen molar-refractivity contribution in [2.45, 2.75) is 245 Å². The normalized spacial score (nSPS) is 17.7. The smallest absolute Gasteiger partial charge is 0.447 e. The van der Waals surface area contributed by atoms with Gasteiger partial charge in [0.05, 0.1) is 43.0 Å². The highest BCUT2D eigenvalue weighted by molar-refractivity contribution is 9.11. The van der Waals surface area contributed by atoms with Crippen LogP contribution in [0.4, 0.5) is 30.6 Å². The van der Waals surface area contributed by atoms with Gasteiger partial charge in [-0.3, -0.25) is 10.6 Å². The molecule has 3 heterocycles. The van der Waals surface area contributed by atoms with E-state index in [2.05, 4.69) is 96.5 Å². The molecule has 2 aromatic carbocycles. The lowest BCUT2D eigenvalue weighted by Gasteiger charge is -2.32. The Morgan fingerprint density at radius 2 is 1.02 bits per heavy atom. The maximum atomic E-state index is 13.5. The molecule has 6 N–H and O–H groups in total. The monoisotopic (exact) mass is 1390 g/mol. The first kappa shape index (κ1) is 75.3. The molecule has 0 spiro atoms. The number of alkyl carbamates (subject to hydrolysis) is 2. The number of ether oxygens (including phenoxy) is 4. The first-order valence-electron chi connectivity index (χ1n) is 29.8. The maximum absolute atomic E-state index is 13.5. The van der Waals surface area contributed by atoms with E-state index in [1.165, 1.54) is 40.3 Å². The third-order valence-corrected chi connectivity index (χ3v) is 19.5. The van der Waals surface area contributed by atoms with E-state index in [4.69, 9.17) is 28.3 Å². The van der Waals surface area contributed by atoms with Crippen LogP contribution in [0.3, 0.4) is 0 Å². The lowest BCUT2D eigenvalue weighted by molar-refractivity contribution is 0.00578. The largest absolute Gasteiger partial charge is 0.490 e. The number of nitrogens with zero attached hydrogens (tertiary/aromatic N) is 2. The summed E-state index contributed by atoms with van der Waals surface area (Å²) in [6.45, 7) is 36.8. The highest BCUT2D eigenvalue weighted by Gasteiger charge is 2.52. The Morgan fingerprint density at radius 3 is 1.38 bits per heavy atom. The summed E-state index contributed by atoms with van der Waals surface area (Å²) in [4.78, 5) is 58.1. The van der Waals surface area contributed by atoms with E-state index in [0.717, 1.165) is 36.3 Å². The molecule has 4 aromatic rings. The van der Waals surface area contributed by atoms with Crippen molar-refractivity contribution in [1.82, 2.24) is 30.0 Å². The molecule has 90 heavy (non-hydrogen) atoms. The van der Waals surface area contributed by atoms with Crippen LogP contribution in [0.5, 0.6) is 0 Å². The van der Waals surface area contributed by atoms with Crippen molar-refractivity contribution in [2.75, 3.05) is 10.6 Å². The zero-order valence-corrected chi connectivity index (χ0v) is 60.4. The second-order valence-corrected chi connectivity index (χ2v) is 34.3. The molecule has 2 aliphatic carbocycles. The lowest BCUT2D eigenvalue weighted by Crippen LogP contribution is -2.41. The molecule has 2 aromatic heterocycles. The van der Waals surface area contributed by atoms with Crippen molar-refractivity contribution >= 4 is 107 Å². The predicted molar refractivity (Wildman–Crippen MR) is 360 cm³/mol. The number of carbonyl (C=O) groups is 4. The van der Waals surface area contributed by atoms with Crippen LogP contribution < -0.4 is 30.7 Å². The average molecular weight is 1390 g/mol. The van der Waals surface area contributed by atoms with Gasteiger partial charge >= 0.3 is 31.5 Å². The van der Waals surface area contributed by atoms with Crippen molar-refractivity contribution in [3.63, 3.8) is 0 Å². The number of aromatic nitrogens is 2. The summed E-state index contributed by atoms with van der Waals surface area (Å²) in [6, 6.07) is 9.49. The standard InChI is InChI=1S/C28H40N4O6S2.C17H30BNO4.C17H22BrN3O4S2/c1-17(2)37-25(33)31-20-13-14-21(23(15-20)40(35,36)32-27(3,4)5)22-16-29-24(39-22)18-9-11-19(12-10-18)30-26(34)38-28(6,7)8;1-15(2,3)21-14(20)19-13-10-8-12(9-11-13)18-22-16(4,5)17(6,7)23-18;1-10(2)25-16(22)20-11-6-7-12(13-9-19-15(18)26-13)14(8-11)27(23,24)21-17(3,4)5/h9,13-17,19,32H,10-12H2,1-8H3,(H,30,34)(H,31,33);8,13H,9-11H2,1-7H3,(H,19,20);6-10,21H,1-5H3,(H,20,22). The average Bonchev–Trinajstić information content (AvgIpc) is 1.58. The Morgan fingerprint density at radius 1 is 0.611 bits per heavy atom. The summed E-state index contributed by atoms with van der Waals surface area (Å²) >= 11 is 6.01. The summed E-state index contributed by atoms with van der Waals surface area (Å²) in [5.41, 5.74) is 0.775. The number of carbonyl (C=O) groups excluding carboxylic acids is 4. The Kier molecular flexibility index (Phi) is 25.2. The van der Waals surface area contributed by atoms with E-state index in [0.29, 0.717) is 49.0 Å². The Labute approximate surface area is 549 Å². The quantitative estimate of drug-likeness (QED) is 0.0505. The van der Waals surface area contributed by atoms with Crippen molar-refractivity contribution in [3.8, 4) is 20.9 Å². The van der Waals surface area contributed by atoms with Crippen LogP contribution >= 0.6 is 38.6 Å². The fraction of sp³-hybridized carbons (Fsp3) is 0.581. The highest BCUT2D eigenvalue weighted by atomic mass is 79.9. The first-order valence-corrected chi connectivity index (χ1v) is 35.2. The lowest BCUT2D eigenvalue weighted by atomic mass is 9.72. The molecular weight excluding hydrogens is 1300 g/mol. The number of hydrogen-bond acceptors (Lipinski definition) is 18. The molecule has 4 amide bonds. The molecule has 1 aliphatic heterocycles. The number of nitrogens with one attached hydrogen (secondary N) is 6. The van der Waals surface area contributed by atoms with Crippen molar-refractivity contribution in [1.29, 1.82) is 0 Å². The number of halogens is 1. The molecule has 1 saturated heterocycles. The second kappa shape index (κ2) is 30.1. The fourth-order valence-electron chi connectivity index (χ4n) is 8.92. The number of benzene rings is 2. The molecule has 2 unspecified atom stereocenters. The van der Waals surface area contributed by atoms with Gasteiger partial charge in [0.15, 0.2) is 3.92 Å². The molecule has 0 bridgehead atoms. The number of sulfonamides is 2. The molecule has 0 radical (unpaired) electrons. The zero-order chi connectivity index (χ0) is 67.8. The molecule has 22 nitrogen and oxygen atoms in total. The first-order chi connectivity index (χ1) is 41.2. The van der Waals surface area contributed by atoms with Gasteiger partial charge in [-0.1, -0.05) is 24.3 Å². The molecule has 3 aliphatic rings. The van der Waals surface area contributed by atoms with Crippen molar-refractivity contribution < 1.29 is 64.3 Å². The van der Waals surface area contributed by atoms with Gasteiger partial charge < -0.3 is 38.9 Å². The SMILES string of the molecule is CC(C)(C)OC(=O)NC1CC=C(B2OC(C)(C)C(C)(C)O2)CC1.CC(C)OC(=O)Nc1ccc(-c2cnc(Br)s2)c(S(=O)(=O)NC(C)(C)C)c1.CC(C)OC(=O)Nc1ccc(-c2cnc(C3=CCC(NC(=O)OC(C)(C)C)CC3)s2)c(S(=O)(=O)NC(C)(C)C)c1. The molecule has 28 heteroatoms. The van der Waals surface area contributed by atoms with E-state index in [1.54, 1.807) is 106 Å². The molecular formula is C62H92BBrN8O14S4. The van der Waals surface area contributed by atoms with Crippen LogP contribution in [0.2, 0.25) is 0 Å². The highest BCUT2D eigenvalue weighted by Crippen LogP contribution is 2.42. The molecule has 1 fully saturated rings. The van der Waals surface area contributed by atoms with Crippen LogP contribution in [0.15, 0.2) is 80.1 Å². The number of allylic oxidation sites excluding steroid dienone is 2. The number of rotatable bonds is 14. The van der Waals surface area contributed by atoms with Crippen molar-refractivity contribution in [3.05, 3.63) is 75.3 Å². The molecule has 2 atom stereocenters. The van der Waals surface area contributed by atoms with E-state index >= 15 is 0 Å². The number of thiazole rings is 2. The molecule has 498 valence electrons. The topological polar surface area (TPSA) is 290 Å². The summed E-state index contributed by atoms with van der Waals surface area (Å²) in [5.74, 6) is 0. The number of hydrogen-bond donors (Lipinski definition) is 6. The van der Waals surface area contributed by atoms with Gasteiger partial charge in [-0.2, -0.15) is 0 Å². The maximum Gasteiger partial charge on any atom is 0.490 e. The van der Waals surface area contributed by atoms with E-state index in [9.17, 15) is 36.0 Å². The van der Waals surface area contributed by atoms with Gasteiger partial charge in [-0.15, -0.1) is 22.7 Å². The van der Waals surface area contributed by atoms with Gasteiger partial charge in [0.1, 0.15) is 16.2 Å². The van der Waals surface area contributed by atoms with Gasteiger partial charge in [0, 0.05) is 58.1 Å². The Balaban J connectivity index is 0.000000257. The van der Waals surface area contributed by atoms with E-state index in [-0.39, 0.29) is 58.5 Å². The summed E-state index contributed by atoms with van der Waals surface area (Å²) in [6.07, 6.45) is 9.34. The van der Waals surface area contributed by atoms with E-state index < -0.39 is 60.6 Å². The van der Waals surface area contributed by atoms with Gasteiger partial charge in [0.25, 0.3) is 0 Å². The van der Waals surface area contributed by atoms with E-state index in [1.807, 2.05) is 41.5 Å². The number of anilines is 2. The minimum atomic E-state index is -3.96. The van der Waals surface area contributed by atoms with Gasteiger partial charge in [0.2, 0.25) is 20.0 Å². The van der Waals surface area contributed by atoms with Crippen LogP contribution in [-0.2, 0) is 48.3 Å². The van der Waals surface area contributed by atoms with Gasteiger partial charge in [-0.25, -0.2) is 55.4 Å². The Hall–Kier alpha value is -5.46. The minimum absolute atomic E-state index is 0.0271.